The van der Waals surface area contributed by atoms with E-state index in [4.69, 9.17) is 10.5 Å². The summed E-state index contributed by atoms with van der Waals surface area (Å²) in [5, 5.41) is 3.82. The summed E-state index contributed by atoms with van der Waals surface area (Å²) < 4.78 is 5.10. The molecule has 0 saturated carbocycles. The zero-order chi connectivity index (χ0) is 14.5. The van der Waals surface area contributed by atoms with Crippen molar-refractivity contribution in [1.29, 1.82) is 0 Å². The van der Waals surface area contributed by atoms with E-state index in [-0.39, 0.29) is 12.4 Å². The van der Waals surface area contributed by atoms with Crippen molar-refractivity contribution in [2.45, 2.75) is 20.3 Å². The molecule has 0 unspecified atom stereocenters. The van der Waals surface area contributed by atoms with Gasteiger partial charge in [0.15, 0.2) is 0 Å². The average Bonchev–Trinajstić information content (AvgIpc) is 2.80. The number of amides is 1. The van der Waals surface area contributed by atoms with Gasteiger partial charge in [0.2, 0.25) is 0 Å². The SMILES string of the molecule is CC(C)COC(=O)Nc1ccc2[nH]cc(CCN)c2c1.Cl. The van der Waals surface area contributed by atoms with Crippen LogP contribution >= 0.6 is 12.4 Å². The van der Waals surface area contributed by atoms with Gasteiger partial charge in [-0.05, 0) is 42.6 Å². The highest BCUT2D eigenvalue weighted by molar-refractivity contribution is 5.91. The lowest BCUT2D eigenvalue weighted by molar-refractivity contribution is 0.147. The lowest BCUT2D eigenvalue weighted by atomic mass is 10.1. The molecule has 0 bridgehead atoms. The molecule has 0 radical (unpaired) electrons. The van der Waals surface area contributed by atoms with Gasteiger partial charge < -0.3 is 15.5 Å². The van der Waals surface area contributed by atoms with Crippen molar-refractivity contribution in [3.05, 3.63) is 30.0 Å². The van der Waals surface area contributed by atoms with Crippen molar-refractivity contribution in [3.63, 3.8) is 0 Å². The van der Waals surface area contributed by atoms with Crippen LogP contribution in [0.2, 0.25) is 0 Å². The third-order valence-corrected chi connectivity index (χ3v) is 2.98. The summed E-state index contributed by atoms with van der Waals surface area (Å²) in [6.45, 7) is 5.01. The van der Waals surface area contributed by atoms with Gasteiger partial charge in [0, 0.05) is 22.8 Å². The standard InChI is InChI=1S/C15H21N3O2.ClH/c1-10(2)9-20-15(19)18-12-3-4-14-13(7-12)11(5-6-16)8-17-14;/h3-4,7-8,10,17H,5-6,9,16H2,1-2H3,(H,18,19);1H. The molecule has 21 heavy (non-hydrogen) atoms. The maximum Gasteiger partial charge on any atom is 0.411 e. The van der Waals surface area contributed by atoms with Crippen LogP contribution in [0.5, 0.6) is 0 Å². The van der Waals surface area contributed by atoms with Gasteiger partial charge in [-0.25, -0.2) is 4.79 Å². The average molecular weight is 312 g/mol. The molecule has 1 aromatic heterocycles. The van der Waals surface area contributed by atoms with E-state index in [0.717, 1.165) is 28.6 Å². The molecule has 0 aliphatic heterocycles. The van der Waals surface area contributed by atoms with Crippen LogP contribution in [0.3, 0.4) is 0 Å². The van der Waals surface area contributed by atoms with Gasteiger partial charge in [-0.3, -0.25) is 5.32 Å². The number of nitrogens with two attached hydrogens (primary N) is 1. The van der Waals surface area contributed by atoms with Crippen molar-refractivity contribution in [2.75, 3.05) is 18.5 Å². The predicted octanol–water partition coefficient (Wildman–Crippen LogP) is 3.30. The number of hydrogen-bond donors (Lipinski definition) is 3. The Morgan fingerprint density at radius 2 is 2.19 bits per heavy atom. The number of nitrogens with one attached hydrogen (secondary N) is 2. The van der Waals surface area contributed by atoms with Gasteiger partial charge in [-0.2, -0.15) is 0 Å². The molecule has 0 atom stereocenters. The number of hydrogen-bond acceptors (Lipinski definition) is 3. The highest BCUT2D eigenvalue weighted by atomic mass is 35.5. The predicted molar refractivity (Wildman–Crippen MR) is 88.1 cm³/mol. The molecule has 0 aliphatic rings. The van der Waals surface area contributed by atoms with E-state index in [1.54, 1.807) is 0 Å². The van der Waals surface area contributed by atoms with E-state index >= 15 is 0 Å². The number of ether oxygens (including phenoxy) is 1. The molecule has 1 amide bonds. The van der Waals surface area contributed by atoms with Gasteiger partial charge in [0.1, 0.15) is 0 Å². The zero-order valence-electron chi connectivity index (χ0n) is 12.3. The Kier molecular flexibility index (Phi) is 6.52. The van der Waals surface area contributed by atoms with Gasteiger partial charge in [0.05, 0.1) is 6.61 Å². The van der Waals surface area contributed by atoms with Crippen LogP contribution in [0.1, 0.15) is 19.4 Å². The first-order valence-corrected chi connectivity index (χ1v) is 6.84. The molecule has 6 heteroatoms. The summed E-state index contributed by atoms with van der Waals surface area (Å²) >= 11 is 0. The molecule has 2 rings (SSSR count). The summed E-state index contributed by atoms with van der Waals surface area (Å²) in [5.74, 6) is 0.323. The quantitative estimate of drug-likeness (QED) is 0.792. The molecule has 0 saturated heterocycles. The van der Waals surface area contributed by atoms with Crippen molar-refractivity contribution >= 4 is 35.1 Å². The van der Waals surface area contributed by atoms with E-state index in [1.807, 2.05) is 38.2 Å². The number of aromatic amines is 1. The summed E-state index contributed by atoms with van der Waals surface area (Å²) in [5.41, 5.74) is 8.51. The number of halogens is 1. The molecule has 4 N–H and O–H groups in total. The zero-order valence-corrected chi connectivity index (χ0v) is 13.1. The first-order chi connectivity index (χ1) is 9.60. The molecule has 2 aromatic rings. The normalized spacial score (nSPS) is 10.5. The third-order valence-electron chi connectivity index (χ3n) is 2.98. The molecular formula is C15H22ClN3O2. The van der Waals surface area contributed by atoms with Crippen LogP contribution in [-0.2, 0) is 11.2 Å². The fraction of sp³-hybridized carbons (Fsp3) is 0.400. The molecule has 0 fully saturated rings. The number of anilines is 1. The fourth-order valence-corrected chi connectivity index (χ4v) is 2.01. The summed E-state index contributed by atoms with van der Waals surface area (Å²) in [6.07, 6.45) is 2.34. The Morgan fingerprint density at radius 1 is 1.43 bits per heavy atom. The van der Waals surface area contributed by atoms with Crippen LogP contribution in [-0.4, -0.2) is 24.2 Å². The molecule has 1 aromatic carbocycles. The van der Waals surface area contributed by atoms with Gasteiger partial charge in [-0.15, -0.1) is 12.4 Å². The number of carbonyl (C=O) groups is 1. The minimum atomic E-state index is -0.422. The van der Waals surface area contributed by atoms with Crippen LogP contribution in [0.15, 0.2) is 24.4 Å². The maximum atomic E-state index is 11.6. The second kappa shape index (κ2) is 7.90. The first-order valence-electron chi connectivity index (χ1n) is 6.84. The topological polar surface area (TPSA) is 80.1 Å². The molecular weight excluding hydrogens is 290 g/mol. The van der Waals surface area contributed by atoms with E-state index in [0.29, 0.717) is 19.1 Å². The smallest absolute Gasteiger partial charge is 0.411 e. The van der Waals surface area contributed by atoms with Crippen molar-refractivity contribution in [3.8, 4) is 0 Å². The Morgan fingerprint density at radius 3 is 2.86 bits per heavy atom. The van der Waals surface area contributed by atoms with Crippen LogP contribution < -0.4 is 11.1 Å². The van der Waals surface area contributed by atoms with Crippen LogP contribution in [0.25, 0.3) is 10.9 Å². The van der Waals surface area contributed by atoms with E-state index in [1.165, 1.54) is 0 Å². The van der Waals surface area contributed by atoms with Gasteiger partial charge in [-0.1, -0.05) is 13.8 Å². The maximum absolute atomic E-state index is 11.6. The Bertz CT molecular complexity index is 596. The molecule has 5 nitrogen and oxygen atoms in total. The number of H-pyrrole nitrogens is 1. The first kappa shape index (κ1) is 17.3. The van der Waals surface area contributed by atoms with Gasteiger partial charge >= 0.3 is 6.09 Å². The molecule has 0 spiro atoms. The van der Waals surface area contributed by atoms with Gasteiger partial charge in [0.25, 0.3) is 0 Å². The second-order valence-corrected chi connectivity index (χ2v) is 5.23. The minimum Gasteiger partial charge on any atom is -0.449 e. The largest absolute Gasteiger partial charge is 0.449 e. The second-order valence-electron chi connectivity index (χ2n) is 5.23. The number of benzene rings is 1. The van der Waals surface area contributed by atoms with Crippen molar-refractivity contribution in [1.82, 2.24) is 4.98 Å². The van der Waals surface area contributed by atoms with E-state index in [9.17, 15) is 4.79 Å². The highest BCUT2D eigenvalue weighted by Crippen LogP contribution is 2.22. The fourth-order valence-electron chi connectivity index (χ4n) is 2.01. The Labute approximate surface area is 130 Å². The number of carbonyl (C=O) groups excluding carboxylic acids is 1. The van der Waals surface area contributed by atoms with Crippen LogP contribution in [0.4, 0.5) is 10.5 Å². The molecule has 1 heterocycles. The Hall–Kier alpha value is -1.72. The molecule has 116 valence electrons. The lowest BCUT2D eigenvalue weighted by Crippen LogP contribution is -2.16. The highest BCUT2D eigenvalue weighted by Gasteiger charge is 2.07. The Balaban J connectivity index is 0.00000220. The summed E-state index contributed by atoms with van der Waals surface area (Å²) in [7, 11) is 0. The summed E-state index contributed by atoms with van der Waals surface area (Å²) in [6, 6.07) is 5.72. The lowest BCUT2D eigenvalue weighted by Gasteiger charge is -2.09. The molecule has 0 aliphatic carbocycles. The minimum absolute atomic E-state index is 0. The monoisotopic (exact) mass is 311 g/mol. The number of rotatable bonds is 5. The number of fused-ring (bicyclic) bond motifs is 1. The number of aromatic nitrogens is 1. The van der Waals surface area contributed by atoms with E-state index < -0.39 is 6.09 Å². The third kappa shape index (κ3) is 4.65. The van der Waals surface area contributed by atoms with Crippen molar-refractivity contribution in [2.24, 2.45) is 11.7 Å². The summed E-state index contributed by atoms with van der Waals surface area (Å²) in [4.78, 5) is 14.8. The van der Waals surface area contributed by atoms with Crippen LogP contribution in [0, 0.1) is 5.92 Å². The van der Waals surface area contributed by atoms with Crippen molar-refractivity contribution < 1.29 is 9.53 Å². The van der Waals surface area contributed by atoms with E-state index in [2.05, 4.69) is 10.3 Å².